The second kappa shape index (κ2) is 10.9. The summed E-state index contributed by atoms with van der Waals surface area (Å²) in [5.41, 5.74) is 5.51. The van der Waals surface area contributed by atoms with Crippen LogP contribution in [0.3, 0.4) is 0 Å². The van der Waals surface area contributed by atoms with Gasteiger partial charge in [0.25, 0.3) is 0 Å². The lowest BCUT2D eigenvalue weighted by atomic mass is 9.80. The number of hydrogen-bond donors (Lipinski definition) is 1. The molecular weight excluding hydrogens is 523 g/mol. The van der Waals surface area contributed by atoms with Crippen molar-refractivity contribution in [3.05, 3.63) is 107 Å². The van der Waals surface area contributed by atoms with Crippen LogP contribution in [0.4, 0.5) is 4.39 Å². The molecule has 1 unspecified atom stereocenters. The predicted molar refractivity (Wildman–Crippen MR) is 161 cm³/mol. The van der Waals surface area contributed by atoms with E-state index in [1.165, 1.54) is 17.8 Å². The van der Waals surface area contributed by atoms with Crippen LogP contribution in [0.15, 0.2) is 83.3 Å². The van der Waals surface area contributed by atoms with Gasteiger partial charge in [0.05, 0.1) is 5.92 Å². The summed E-state index contributed by atoms with van der Waals surface area (Å²) in [6.07, 6.45) is 0. The van der Waals surface area contributed by atoms with E-state index in [-0.39, 0.29) is 16.8 Å². The molecule has 0 radical (unpaired) electrons. The van der Waals surface area contributed by atoms with E-state index in [0.29, 0.717) is 22.6 Å². The van der Waals surface area contributed by atoms with Crippen molar-refractivity contribution >= 4 is 45.5 Å². The third-order valence-electron chi connectivity index (χ3n) is 7.15. The molecule has 0 fully saturated rings. The second-order valence-electron chi connectivity index (χ2n) is 11.2. The Labute approximate surface area is 237 Å². The second-order valence-corrected chi connectivity index (χ2v) is 12.2. The fourth-order valence-corrected chi connectivity index (χ4v) is 5.96. The molecule has 0 saturated heterocycles. The Hall–Kier alpha value is -3.90. The molecule has 40 heavy (non-hydrogen) atoms. The van der Waals surface area contributed by atoms with Crippen LogP contribution in [0.1, 0.15) is 54.7 Å². The van der Waals surface area contributed by atoms with Crippen molar-refractivity contribution in [3.8, 4) is 11.1 Å². The first kappa shape index (κ1) is 27.7. The lowest BCUT2D eigenvalue weighted by Crippen LogP contribution is -2.15. The van der Waals surface area contributed by atoms with Crippen LogP contribution < -0.4 is 0 Å². The van der Waals surface area contributed by atoms with E-state index in [0.717, 1.165) is 38.6 Å². The van der Waals surface area contributed by atoms with Crippen molar-refractivity contribution in [1.82, 2.24) is 0 Å². The molecule has 0 spiro atoms. The van der Waals surface area contributed by atoms with Crippen LogP contribution in [0.25, 0.3) is 33.1 Å². The van der Waals surface area contributed by atoms with Gasteiger partial charge >= 0.3 is 5.97 Å². The van der Waals surface area contributed by atoms with Crippen molar-refractivity contribution in [2.75, 3.05) is 5.75 Å². The summed E-state index contributed by atoms with van der Waals surface area (Å²) in [5, 5.41) is 11.1. The van der Waals surface area contributed by atoms with Gasteiger partial charge < -0.3 is 9.52 Å². The Kier molecular flexibility index (Phi) is 7.56. The number of para-hydroxylation sites is 2. The fraction of sp³-hybridized carbons (Fsp3) is 0.235. The zero-order chi connectivity index (χ0) is 28.6. The third kappa shape index (κ3) is 5.41. The normalized spacial score (nSPS) is 12.6. The first-order valence-electron chi connectivity index (χ1n) is 13.2. The van der Waals surface area contributed by atoms with Crippen molar-refractivity contribution in [3.63, 3.8) is 0 Å². The quantitative estimate of drug-likeness (QED) is 0.194. The largest absolute Gasteiger partial charge is 0.481 e. The number of carboxylic acids is 1. The van der Waals surface area contributed by atoms with E-state index in [1.54, 1.807) is 25.1 Å². The molecule has 4 nitrogen and oxygen atoms in total. The lowest BCUT2D eigenvalue weighted by Gasteiger charge is -2.24. The summed E-state index contributed by atoms with van der Waals surface area (Å²) < 4.78 is 21.2. The van der Waals surface area contributed by atoms with E-state index in [1.807, 2.05) is 42.5 Å². The molecule has 1 aromatic heterocycles. The number of furan rings is 1. The van der Waals surface area contributed by atoms with Crippen LogP contribution in [0, 0.1) is 11.7 Å². The number of thioether (sulfide) groups is 1. The molecule has 1 atom stereocenters. The van der Waals surface area contributed by atoms with E-state index in [2.05, 4.69) is 32.9 Å². The highest BCUT2D eigenvalue weighted by Gasteiger charge is 2.24. The van der Waals surface area contributed by atoms with Crippen LogP contribution in [0.5, 0.6) is 0 Å². The summed E-state index contributed by atoms with van der Waals surface area (Å²) in [7, 11) is 0. The molecule has 0 saturated carbocycles. The molecule has 0 aliphatic rings. The first-order chi connectivity index (χ1) is 19.0. The van der Waals surface area contributed by atoms with Crippen molar-refractivity contribution in [2.24, 2.45) is 5.92 Å². The SMILES string of the molecule is CC(CSCc1ccc(C(=O)c2ccc(-c3cccc4c3oc3ccccc34)c(C(C)(C)C)c2)cc1F)C(=O)O. The Morgan fingerprint density at radius 2 is 1.60 bits per heavy atom. The van der Waals surface area contributed by atoms with Gasteiger partial charge in [-0.1, -0.05) is 88.4 Å². The van der Waals surface area contributed by atoms with Gasteiger partial charge in [-0.2, -0.15) is 11.8 Å². The molecular formula is C34H31FO4S. The molecule has 204 valence electrons. The smallest absolute Gasteiger partial charge is 0.307 e. The van der Waals surface area contributed by atoms with Crippen LogP contribution in [0.2, 0.25) is 0 Å². The number of fused-ring (bicyclic) bond motifs is 3. The van der Waals surface area contributed by atoms with E-state index in [9.17, 15) is 14.0 Å². The summed E-state index contributed by atoms with van der Waals surface area (Å²) in [4.78, 5) is 24.5. The molecule has 0 aliphatic carbocycles. The van der Waals surface area contributed by atoms with Gasteiger partial charge in [0, 0.05) is 39.0 Å². The number of aliphatic carboxylic acids is 1. The molecule has 6 heteroatoms. The van der Waals surface area contributed by atoms with Crippen molar-refractivity contribution in [2.45, 2.75) is 38.9 Å². The maximum atomic E-state index is 14.9. The average molecular weight is 555 g/mol. The summed E-state index contributed by atoms with van der Waals surface area (Å²) in [6.45, 7) is 7.95. The van der Waals surface area contributed by atoms with Gasteiger partial charge in [-0.05, 0) is 40.3 Å². The monoisotopic (exact) mass is 554 g/mol. The molecule has 5 rings (SSSR count). The number of rotatable bonds is 8. The number of benzene rings is 4. The van der Waals surface area contributed by atoms with E-state index < -0.39 is 17.7 Å². The molecule has 0 amide bonds. The highest BCUT2D eigenvalue weighted by molar-refractivity contribution is 7.98. The number of ketones is 1. The predicted octanol–water partition coefficient (Wildman–Crippen LogP) is 8.87. The number of carbonyl (C=O) groups excluding carboxylic acids is 1. The molecule has 0 aliphatic heterocycles. The van der Waals surface area contributed by atoms with Gasteiger partial charge in [-0.25, -0.2) is 4.39 Å². The Morgan fingerprint density at radius 1 is 0.900 bits per heavy atom. The van der Waals surface area contributed by atoms with Gasteiger partial charge in [-0.3, -0.25) is 9.59 Å². The minimum atomic E-state index is -0.871. The fourth-order valence-electron chi connectivity index (χ4n) is 4.89. The Balaban J connectivity index is 1.48. The maximum absolute atomic E-state index is 14.9. The average Bonchev–Trinajstić information content (AvgIpc) is 3.31. The number of carboxylic acid groups (broad SMARTS) is 1. The molecule has 4 aromatic carbocycles. The zero-order valence-corrected chi connectivity index (χ0v) is 23.8. The number of carbonyl (C=O) groups is 2. The summed E-state index contributed by atoms with van der Waals surface area (Å²) in [5.74, 6) is -1.37. The highest BCUT2D eigenvalue weighted by atomic mass is 32.2. The van der Waals surface area contributed by atoms with Crippen LogP contribution >= 0.6 is 11.8 Å². The maximum Gasteiger partial charge on any atom is 0.307 e. The van der Waals surface area contributed by atoms with Gasteiger partial charge in [0.1, 0.15) is 17.0 Å². The van der Waals surface area contributed by atoms with E-state index in [4.69, 9.17) is 9.52 Å². The van der Waals surface area contributed by atoms with Gasteiger partial charge in [0.2, 0.25) is 0 Å². The molecule has 1 heterocycles. The van der Waals surface area contributed by atoms with Crippen LogP contribution in [-0.2, 0) is 16.0 Å². The molecule has 5 aromatic rings. The standard InChI is InChI=1S/C34H31FO4S/c1-20(33(37)38)18-40-19-23-13-12-22(17-29(23)35)31(36)21-14-15-24(28(16-21)34(2,3)4)26-9-7-10-27-25-8-5-6-11-30(25)39-32(26)27/h5-17,20H,18-19H2,1-4H3,(H,37,38). The minimum Gasteiger partial charge on any atom is -0.481 e. The van der Waals surface area contributed by atoms with Gasteiger partial charge in [-0.15, -0.1) is 0 Å². The minimum absolute atomic E-state index is 0.253. The highest BCUT2D eigenvalue weighted by Crippen LogP contribution is 2.40. The Morgan fingerprint density at radius 3 is 2.33 bits per heavy atom. The van der Waals surface area contributed by atoms with Crippen molar-refractivity contribution < 1.29 is 23.5 Å². The number of halogens is 1. The number of hydrogen-bond acceptors (Lipinski definition) is 4. The lowest BCUT2D eigenvalue weighted by molar-refractivity contribution is -0.140. The third-order valence-corrected chi connectivity index (χ3v) is 8.40. The zero-order valence-electron chi connectivity index (χ0n) is 23.0. The topological polar surface area (TPSA) is 67.5 Å². The summed E-state index contributed by atoms with van der Waals surface area (Å²) >= 11 is 1.36. The van der Waals surface area contributed by atoms with E-state index >= 15 is 0 Å². The van der Waals surface area contributed by atoms with Crippen molar-refractivity contribution in [1.29, 1.82) is 0 Å². The summed E-state index contributed by atoms with van der Waals surface area (Å²) in [6, 6.07) is 24.3. The first-order valence-corrected chi connectivity index (χ1v) is 14.4. The molecule has 1 N–H and O–H groups in total. The van der Waals surface area contributed by atoms with Crippen LogP contribution in [-0.4, -0.2) is 22.6 Å². The molecule has 0 bridgehead atoms. The van der Waals surface area contributed by atoms with Gasteiger partial charge in [0.15, 0.2) is 5.78 Å². The Bertz CT molecular complexity index is 1740.